The van der Waals surface area contributed by atoms with E-state index in [1.807, 2.05) is 24.3 Å². The van der Waals surface area contributed by atoms with Gasteiger partial charge < -0.3 is 52.1 Å². The number of fused-ring (bicyclic) bond motifs is 4. The van der Waals surface area contributed by atoms with Crippen LogP contribution < -0.4 is 37.9 Å². The number of rotatable bonds is 10. The summed E-state index contributed by atoms with van der Waals surface area (Å²) in [6, 6.07) is 24.7. The second kappa shape index (κ2) is 13.0. The first kappa shape index (κ1) is 30.9. The van der Waals surface area contributed by atoms with Crippen LogP contribution in [0.5, 0.6) is 46.0 Å². The predicted molar refractivity (Wildman–Crippen MR) is 180 cm³/mol. The molecule has 0 amide bonds. The maximum Gasteiger partial charge on any atom is 0.231 e. The van der Waals surface area contributed by atoms with Crippen LogP contribution in [0.25, 0.3) is 0 Å². The molecule has 10 rings (SSSR count). The zero-order valence-electron chi connectivity index (χ0n) is 28.0. The van der Waals surface area contributed by atoms with Gasteiger partial charge in [-0.25, -0.2) is 0 Å². The van der Waals surface area contributed by atoms with E-state index < -0.39 is 12.6 Å². The van der Waals surface area contributed by atoms with Crippen LogP contribution in [-0.4, -0.2) is 53.0 Å². The molecule has 0 spiro atoms. The van der Waals surface area contributed by atoms with Crippen LogP contribution in [0.1, 0.15) is 22.3 Å². The van der Waals surface area contributed by atoms with Gasteiger partial charge in [-0.3, -0.25) is 0 Å². The van der Waals surface area contributed by atoms with Gasteiger partial charge in [-0.05, 0) is 108 Å². The van der Waals surface area contributed by atoms with Gasteiger partial charge in [0.2, 0.25) is 27.2 Å². The molecular weight excluding hydrogens is 656 g/mol. The molecule has 6 atom stereocenters. The summed E-state index contributed by atoms with van der Waals surface area (Å²) < 4.78 is 65.2. The Morgan fingerprint density at radius 2 is 0.706 bits per heavy atom. The van der Waals surface area contributed by atoms with E-state index in [4.69, 9.17) is 52.1 Å². The molecule has 0 radical (unpaired) electrons. The Kier molecular flexibility index (Phi) is 7.91. The zero-order valence-corrected chi connectivity index (χ0v) is 28.0. The van der Waals surface area contributed by atoms with Gasteiger partial charge in [0.1, 0.15) is 0 Å². The van der Waals surface area contributed by atoms with Crippen LogP contribution in [0, 0.1) is 23.7 Å². The van der Waals surface area contributed by atoms with Gasteiger partial charge in [0.25, 0.3) is 0 Å². The van der Waals surface area contributed by atoms with Crippen molar-refractivity contribution in [2.75, 3.05) is 40.4 Å². The Hall–Kier alpha value is -4.84. The Labute approximate surface area is 295 Å². The minimum atomic E-state index is -0.469. The van der Waals surface area contributed by atoms with Gasteiger partial charge >= 0.3 is 0 Å². The fraction of sp³-hybridized carbons (Fsp3) is 0.400. The van der Waals surface area contributed by atoms with Gasteiger partial charge in [0.15, 0.2) is 58.6 Å². The van der Waals surface area contributed by atoms with Gasteiger partial charge in [0.05, 0.1) is 13.2 Å². The quantitative estimate of drug-likeness (QED) is 0.194. The first-order chi connectivity index (χ1) is 25.2. The molecule has 6 aliphatic heterocycles. The van der Waals surface area contributed by atoms with E-state index in [1.54, 1.807) is 0 Å². The second-order valence-electron chi connectivity index (χ2n) is 14.0. The normalized spacial score (nSPS) is 26.3. The Morgan fingerprint density at radius 3 is 1.06 bits per heavy atom. The number of hydrogen-bond acceptors (Lipinski definition) is 11. The Morgan fingerprint density at radius 1 is 0.392 bits per heavy atom. The minimum Gasteiger partial charge on any atom is -0.454 e. The van der Waals surface area contributed by atoms with Gasteiger partial charge in [0, 0.05) is 11.8 Å². The highest BCUT2D eigenvalue weighted by atomic mass is 16.8. The highest BCUT2D eigenvalue weighted by molar-refractivity contribution is 5.47. The first-order valence-electron chi connectivity index (χ1n) is 17.6. The van der Waals surface area contributed by atoms with E-state index >= 15 is 0 Å². The molecule has 2 fully saturated rings. The fourth-order valence-electron chi connectivity index (χ4n) is 8.16. The van der Waals surface area contributed by atoms with Crippen molar-refractivity contribution in [1.29, 1.82) is 0 Å². The molecule has 6 heterocycles. The van der Waals surface area contributed by atoms with Gasteiger partial charge in [-0.15, -0.1) is 0 Å². The molecule has 6 aliphatic rings. The van der Waals surface area contributed by atoms with Crippen molar-refractivity contribution in [1.82, 2.24) is 0 Å². The predicted octanol–water partition coefficient (Wildman–Crippen LogP) is 6.07. The molecule has 0 saturated carbocycles. The lowest BCUT2D eigenvalue weighted by atomic mass is 9.83. The molecule has 0 unspecified atom stereocenters. The molecule has 51 heavy (non-hydrogen) atoms. The van der Waals surface area contributed by atoms with Crippen LogP contribution in [0.15, 0.2) is 72.8 Å². The van der Waals surface area contributed by atoms with Crippen LogP contribution in [0.3, 0.4) is 0 Å². The lowest BCUT2D eigenvalue weighted by Gasteiger charge is -2.29. The molecular formula is C40H38O11. The SMILES string of the molecule is c1cc2c(cc1C[C@H]1CO[C@H](O[C@H]3OC[C@H](Cc4ccc5c(c4)OCO5)[C@H]3Cc3ccc4c(c3)OCO4)[C@@H]1Cc1ccc3c(c1)OCO3)OCO2. The van der Waals surface area contributed by atoms with Crippen molar-refractivity contribution in [3.05, 3.63) is 95.1 Å². The maximum atomic E-state index is 6.97. The number of ether oxygens (including phenoxy) is 11. The highest BCUT2D eigenvalue weighted by Crippen LogP contribution is 2.43. The minimum absolute atomic E-state index is 0.0542. The van der Waals surface area contributed by atoms with E-state index in [2.05, 4.69) is 48.5 Å². The molecule has 0 bridgehead atoms. The van der Waals surface area contributed by atoms with E-state index in [1.165, 1.54) is 11.1 Å². The monoisotopic (exact) mass is 694 g/mol. The summed E-state index contributed by atoms with van der Waals surface area (Å²) in [5.74, 6) is 6.70. The van der Waals surface area contributed by atoms with E-state index in [-0.39, 0.29) is 50.8 Å². The summed E-state index contributed by atoms with van der Waals surface area (Å²) in [5.41, 5.74) is 4.63. The topological polar surface area (TPSA) is 102 Å². The lowest BCUT2D eigenvalue weighted by molar-refractivity contribution is -0.238. The Bertz CT molecular complexity index is 1790. The second-order valence-corrected chi connectivity index (χ2v) is 14.0. The lowest BCUT2D eigenvalue weighted by Crippen LogP contribution is -2.34. The van der Waals surface area contributed by atoms with Crippen molar-refractivity contribution in [2.45, 2.75) is 38.3 Å². The summed E-state index contributed by atoms with van der Waals surface area (Å²) >= 11 is 0. The van der Waals surface area contributed by atoms with Crippen molar-refractivity contribution < 1.29 is 52.1 Å². The molecule has 4 aromatic carbocycles. The molecule has 4 aromatic rings. The molecule has 0 aliphatic carbocycles. The van der Waals surface area contributed by atoms with Crippen LogP contribution in [0.4, 0.5) is 0 Å². The van der Waals surface area contributed by atoms with Crippen molar-refractivity contribution >= 4 is 0 Å². The van der Waals surface area contributed by atoms with Crippen molar-refractivity contribution in [3.8, 4) is 46.0 Å². The van der Waals surface area contributed by atoms with Crippen LogP contribution >= 0.6 is 0 Å². The average Bonchev–Trinajstić information content (AvgIpc) is 4.01. The smallest absolute Gasteiger partial charge is 0.231 e. The third-order valence-corrected chi connectivity index (χ3v) is 10.8. The van der Waals surface area contributed by atoms with Crippen LogP contribution in [0.2, 0.25) is 0 Å². The van der Waals surface area contributed by atoms with Gasteiger partial charge in [-0.1, -0.05) is 24.3 Å². The highest BCUT2D eigenvalue weighted by Gasteiger charge is 2.45. The summed E-state index contributed by atoms with van der Waals surface area (Å²) in [6.07, 6.45) is 2.17. The number of benzene rings is 4. The molecule has 11 nitrogen and oxygen atoms in total. The van der Waals surface area contributed by atoms with Crippen LogP contribution in [-0.2, 0) is 39.9 Å². The van der Waals surface area contributed by atoms with E-state index in [9.17, 15) is 0 Å². The molecule has 0 N–H and O–H groups in total. The van der Waals surface area contributed by atoms with Crippen molar-refractivity contribution in [3.63, 3.8) is 0 Å². The fourth-order valence-corrected chi connectivity index (χ4v) is 8.16. The van der Waals surface area contributed by atoms with Crippen molar-refractivity contribution in [2.24, 2.45) is 23.7 Å². The zero-order chi connectivity index (χ0) is 33.7. The van der Waals surface area contributed by atoms with Gasteiger partial charge in [-0.2, -0.15) is 0 Å². The molecule has 2 saturated heterocycles. The average molecular weight is 695 g/mol. The summed E-state index contributed by atoms with van der Waals surface area (Å²) in [5, 5.41) is 0. The maximum absolute atomic E-state index is 6.97. The summed E-state index contributed by atoms with van der Waals surface area (Å²) in [7, 11) is 0. The largest absolute Gasteiger partial charge is 0.454 e. The Balaban J connectivity index is 0.919. The van der Waals surface area contributed by atoms with E-state index in [0.29, 0.717) is 13.2 Å². The molecule has 11 heteroatoms. The number of hydrogen-bond donors (Lipinski definition) is 0. The molecule has 264 valence electrons. The summed E-state index contributed by atoms with van der Waals surface area (Å²) in [6.45, 7) is 2.10. The standard InChI is InChI=1S/C40H38O11/c1-5-31-35(47-19-43-31)13-23(1)9-27-17-41-39(29(27)11-25-3-7-33-37(15-25)49-21-45-33)51-40-30(12-26-4-8-34-38(16-26)50-22-46-34)28(18-42-40)10-24-2-6-32-36(14-24)48-20-44-32/h1-8,13-16,27-30,39-40H,9-12,17-22H2/t27-,28-,29+,30+,39+,40+/m0/s1. The third kappa shape index (κ3) is 6.13. The molecule has 0 aromatic heterocycles. The van der Waals surface area contributed by atoms with E-state index in [0.717, 1.165) is 82.8 Å². The first-order valence-corrected chi connectivity index (χ1v) is 17.6. The third-order valence-electron chi connectivity index (χ3n) is 10.8. The summed E-state index contributed by atoms with van der Waals surface area (Å²) in [4.78, 5) is 0.